The third-order valence-corrected chi connectivity index (χ3v) is 4.16. The molecule has 0 atom stereocenters. The molecule has 1 aromatic rings. The van der Waals surface area contributed by atoms with Gasteiger partial charge in [0.25, 0.3) is 0 Å². The lowest BCUT2D eigenvalue weighted by atomic mass is 9.74. The molecule has 2 N–H and O–H groups in total. The van der Waals surface area contributed by atoms with Gasteiger partial charge in [-0.1, -0.05) is 24.3 Å². The molecule has 20 heavy (non-hydrogen) atoms. The zero-order valence-corrected chi connectivity index (χ0v) is 12.8. The Morgan fingerprint density at radius 1 is 1.15 bits per heavy atom. The van der Waals surface area contributed by atoms with Gasteiger partial charge >= 0.3 is 5.97 Å². The predicted octanol–water partition coefficient (Wildman–Crippen LogP) is 2.54. The maximum Gasteiger partial charge on any atom is 0.311 e. The van der Waals surface area contributed by atoms with E-state index in [2.05, 4.69) is 5.32 Å². The molecule has 0 fully saturated rings. The van der Waals surface area contributed by atoms with Gasteiger partial charge in [0.05, 0.1) is 11.8 Å². The number of aliphatic carboxylic acids is 1. The van der Waals surface area contributed by atoms with E-state index in [-0.39, 0.29) is 12.3 Å². The Morgan fingerprint density at radius 3 is 2.20 bits per heavy atom. The van der Waals surface area contributed by atoms with Gasteiger partial charge in [-0.05, 0) is 45.7 Å². The van der Waals surface area contributed by atoms with E-state index >= 15 is 0 Å². The number of amides is 1. The van der Waals surface area contributed by atoms with Crippen LogP contribution in [0.2, 0.25) is 0 Å². The highest BCUT2D eigenvalue weighted by Crippen LogP contribution is 2.30. The first-order valence-corrected chi connectivity index (χ1v) is 6.67. The summed E-state index contributed by atoms with van der Waals surface area (Å²) in [5.74, 6) is -1.10. The Morgan fingerprint density at radius 2 is 1.70 bits per heavy atom. The fourth-order valence-corrected chi connectivity index (χ4v) is 1.80. The number of hydrogen-bond donors (Lipinski definition) is 2. The van der Waals surface area contributed by atoms with E-state index in [9.17, 15) is 14.7 Å². The van der Waals surface area contributed by atoms with Gasteiger partial charge in [-0.2, -0.15) is 0 Å². The molecular weight excluding hydrogens is 254 g/mol. The fraction of sp³-hybridized carbons (Fsp3) is 0.500. The number of hydrogen-bond acceptors (Lipinski definition) is 2. The zero-order chi connectivity index (χ0) is 15.6. The molecule has 0 aromatic heterocycles. The normalized spacial score (nSPS) is 12.1. The van der Waals surface area contributed by atoms with Crippen LogP contribution in [0.1, 0.15) is 38.8 Å². The van der Waals surface area contributed by atoms with Gasteiger partial charge in [0.1, 0.15) is 0 Å². The maximum atomic E-state index is 12.1. The third kappa shape index (κ3) is 3.38. The van der Waals surface area contributed by atoms with Crippen LogP contribution in [0.25, 0.3) is 0 Å². The van der Waals surface area contributed by atoms with E-state index in [1.807, 2.05) is 31.2 Å². The molecule has 0 bridgehead atoms. The summed E-state index contributed by atoms with van der Waals surface area (Å²) in [6.45, 7) is 8.65. The minimum atomic E-state index is -1.05. The van der Waals surface area contributed by atoms with Gasteiger partial charge in [0.2, 0.25) is 5.91 Å². The van der Waals surface area contributed by atoms with Crippen LogP contribution >= 0.6 is 0 Å². The Bertz CT molecular complexity index is 518. The van der Waals surface area contributed by atoms with E-state index in [0.29, 0.717) is 0 Å². The first kappa shape index (κ1) is 16.2. The predicted molar refractivity (Wildman–Crippen MR) is 78.5 cm³/mol. The average Bonchev–Trinajstić information content (AvgIpc) is 2.31. The molecule has 4 nitrogen and oxygen atoms in total. The van der Waals surface area contributed by atoms with Crippen molar-refractivity contribution in [3.8, 4) is 0 Å². The number of aryl methyl sites for hydroxylation is 1. The van der Waals surface area contributed by atoms with E-state index in [0.717, 1.165) is 11.1 Å². The Hall–Kier alpha value is -1.84. The first-order valence-electron chi connectivity index (χ1n) is 6.67. The van der Waals surface area contributed by atoms with Gasteiger partial charge in [0, 0.05) is 5.54 Å². The molecule has 4 heteroatoms. The summed E-state index contributed by atoms with van der Waals surface area (Å²) in [4.78, 5) is 23.5. The molecule has 0 unspecified atom stereocenters. The smallest absolute Gasteiger partial charge is 0.311 e. The topological polar surface area (TPSA) is 66.4 Å². The quantitative estimate of drug-likeness (QED) is 0.869. The monoisotopic (exact) mass is 277 g/mol. The standard InChI is InChI=1S/C16H23NO3/c1-11-8-6-7-9-12(11)10-13(18)17-16(4,5)15(2,3)14(19)20/h6-9H,10H2,1-5H3,(H,17,18)(H,19,20). The van der Waals surface area contributed by atoms with Crippen LogP contribution in [-0.2, 0) is 16.0 Å². The molecule has 0 heterocycles. The van der Waals surface area contributed by atoms with Crippen LogP contribution < -0.4 is 5.32 Å². The molecule has 1 amide bonds. The van der Waals surface area contributed by atoms with Crippen LogP contribution in [0.15, 0.2) is 24.3 Å². The van der Waals surface area contributed by atoms with Crippen molar-refractivity contribution in [1.29, 1.82) is 0 Å². The summed E-state index contributed by atoms with van der Waals surface area (Å²) < 4.78 is 0. The molecule has 1 rings (SSSR count). The van der Waals surface area contributed by atoms with Gasteiger partial charge in [-0.25, -0.2) is 0 Å². The van der Waals surface area contributed by atoms with Crippen molar-refractivity contribution in [2.45, 2.75) is 46.6 Å². The minimum Gasteiger partial charge on any atom is -0.481 e. The summed E-state index contributed by atoms with van der Waals surface area (Å²) in [6.07, 6.45) is 0.256. The van der Waals surface area contributed by atoms with Crippen molar-refractivity contribution < 1.29 is 14.7 Å². The molecule has 0 aliphatic rings. The second-order valence-corrected chi connectivity index (χ2v) is 6.21. The molecule has 0 aliphatic heterocycles. The lowest BCUT2D eigenvalue weighted by Gasteiger charge is -2.38. The second-order valence-electron chi connectivity index (χ2n) is 6.21. The van der Waals surface area contributed by atoms with Crippen molar-refractivity contribution >= 4 is 11.9 Å². The molecular formula is C16H23NO3. The molecule has 0 aliphatic carbocycles. The van der Waals surface area contributed by atoms with Crippen molar-refractivity contribution in [2.24, 2.45) is 5.41 Å². The average molecular weight is 277 g/mol. The lowest BCUT2D eigenvalue weighted by molar-refractivity contribution is -0.151. The molecule has 1 aromatic carbocycles. The van der Waals surface area contributed by atoms with Crippen molar-refractivity contribution in [3.63, 3.8) is 0 Å². The Kier molecular flexibility index (Phi) is 4.58. The van der Waals surface area contributed by atoms with Gasteiger partial charge in [-0.15, -0.1) is 0 Å². The molecule has 0 saturated carbocycles. The first-order chi connectivity index (χ1) is 9.08. The van der Waals surface area contributed by atoms with Crippen LogP contribution in [-0.4, -0.2) is 22.5 Å². The Labute approximate surface area is 120 Å². The van der Waals surface area contributed by atoms with Crippen LogP contribution in [0.5, 0.6) is 0 Å². The summed E-state index contributed by atoms with van der Waals surface area (Å²) in [6, 6.07) is 7.68. The molecule has 110 valence electrons. The summed E-state index contributed by atoms with van der Waals surface area (Å²) in [5, 5.41) is 12.1. The fourth-order valence-electron chi connectivity index (χ4n) is 1.80. The maximum absolute atomic E-state index is 12.1. The molecule has 0 spiro atoms. The highest BCUT2D eigenvalue weighted by atomic mass is 16.4. The van der Waals surface area contributed by atoms with Crippen LogP contribution in [0.3, 0.4) is 0 Å². The Balaban J connectivity index is 2.81. The van der Waals surface area contributed by atoms with Crippen LogP contribution in [0.4, 0.5) is 0 Å². The van der Waals surface area contributed by atoms with E-state index in [1.165, 1.54) is 0 Å². The second kappa shape index (κ2) is 5.65. The third-order valence-electron chi connectivity index (χ3n) is 4.16. The number of carboxylic acids is 1. The molecule has 0 saturated heterocycles. The van der Waals surface area contributed by atoms with Gasteiger partial charge < -0.3 is 10.4 Å². The van der Waals surface area contributed by atoms with Crippen molar-refractivity contribution in [1.82, 2.24) is 5.32 Å². The number of carboxylic acid groups (broad SMARTS) is 1. The number of carbonyl (C=O) groups is 2. The van der Waals surface area contributed by atoms with Crippen LogP contribution in [0, 0.1) is 12.3 Å². The van der Waals surface area contributed by atoms with E-state index in [4.69, 9.17) is 0 Å². The van der Waals surface area contributed by atoms with Crippen molar-refractivity contribution in [2.75, 3.05) is 0 Å². The summed E-state index contributed by atoms with van der Waals surface area (Å²) in [5.41, 5.74) is 0.124. The lowest BCUT2D eigenvalue weighted by Crippen LogP contribution is -2.57. The number of nitrogens with one attached hydrogen (secondary N) is 1. The largest absolute Gasteiger partial charge is 0.481 e. The van der Waals surface area contributed by atoms with Crippen molar-refractivity contribution in [3.05, 3.63) is 35.4 Å². The van der Waals surface area contributed by atoms with Gasteiger partial charge in [0.15, 0.2) is 0 Å². The van der Waals surface area contributed by atoms with E-state index < -0.39 is 16.9 Å². The van der Waals surface area contributed by atoms with Gasteiger partial charge in [-0.3, -0.25) is 9.59 Å². The molecule has 0 radical (unpaired) electrons. The minimum absolute atomic E-state index is 0.168. The zero-order valence-electron chi connectivity index (χ0n) is 12.8. The highest BCUT2D eigenvalue weighted by Gasteiger charge is 2.44. The summed E-state index contributed by atoms with van der Waals surface area (Å²) in [7, 11) is 0. The number of carbonyl (C=O) groups excluding carboxylic acids is 1. The number of rotatable bonds is 5. The number of benzene rings is 1. The van der Waals surface area contributed by atoms with E-state index in [1.54, 1.807) is 27.7 Å². The SMILES string of the molecule is Cc1ccccc1CC(=O)NC(C)(C)C(C)(C)C(=O)O. The highest BCUT2D eigenvalue weighted by molar-refractivity contribution is 5.82. The summed E-state index contributed by atoms with van der Waals surface area (Å²) >= 11 is 0.